The molecule has 5 heteroatoms. The lowest BCUT2D eigenvalue weighted by atomic mass is 9.73. The van der Waals surface area contributed by atoms with Gasteiger partial charge in [-0.25, -0.2) is 0 Å². The van der Waals surface area contributed by atoms with Gasteiger partial charge in [0, 0.05) is 17.1 Å². The molecule has 0 aromatic heterocycles. The standard InChI is InChI=1S/C13H17ClN2O2/c1-8(2)9-5-11(6-9)15-12-7-10(14)3-4-13(12)16(17)18/h3-4,7-9,11,15H,5-6H2,1-2H3. The Morgan fingerprint density at radius 3 is 2.67 bits per heavy atom. The van der Waals surface area contributed by atoms with Crippen molar-refractivity contribution in [2.24, 2.45) is 11.8 Å². The maximum Gasteiger partial charge on any atom is 0.292 e. The van der Waals surface area contributed by atoms with Crippen LogP contribution in [0.15, 0.2) is 18.2 Å². The summed E-state index contributed by atoms with van der Waals surface area (Å²) in [6, 6.07) is 4.95. The van der Waals surface area contributed by atoms with Crippen LogP contribution in [0.3, 0.4) is 0 Å². The van der Waals surface area contributed by atoms with E-state index in [0.717, 1.165) is 18.8 Å². The van der Waals surface area contributed by atoms with Crippen molar-refractivity contribution in [1.29, 1.82) is 0 Å². The average molecular weight is 269 g/mol. The minimum Gasteiger partial charge on any atom is -0.377 e. The van der Waals surface area contributed by atoms with E-state index in [4.69, 9.17) is 11.6 Å². The SMILES string of the molecule is CC(C)C1CC(Nc2cc(Cl)ccc2[N+](=O)[O-])C1. The molecule has 0 heterocycles. The molecule has 1 aliphatic carbocycles. The molecule has 0 unspecified atom stereocenters. The lowest BCUT2D eigenvalue weighted by Crippen LogP contribution is -2.38. The van der Waals surface area contributed by atoms with E-state index < -0.39 is 0 Å². The predicted octanol–water partition coefficient (Wildman–Crippen LogP) is 4.09. The van der Waals surface area contributed by atoms with E-state index >= 15 is 0 Å². The summed E-state index contributed by atoms with van der Waals surface area (Å²) < 4.78 is 0. The Hall–Kier alpha value is -1.29. The Kier molecular flexibility index (Phi) is 3.76. The van der Waals surface area contributed by atoms with Crippen molar-refractivity contribution in [2.45, 2.75) is 32.7 Å². The number of nitrogens with one attached hydrogen (secondary N) is 1. The maximum atomic E-state index is 10.9. The van der Waals surface area contributed by atoms with E-state index in [1.807, 2.05) is 0 Å². The number of benzene rings is 1. The highest BCUT2D eigenvalue weighted by Gasteiger charge is 2.32. The summed E-state index contributed by atoms with van der Waals surface area (Å²) in [5.74, 6) is 1.40. The van der Waals surface area contributed by atoms with Gasteiger partial charge in [0.1, 0.15) is 5.69 Å². The zero-order valence-electron chi connectivity index (χ0n) is 10.5. The molecule has 0 radical (unpaired) electrons. The van der Waals surface area contributed by atoms with Gasteiger partial charge in [0.25, 0.3) is 5.69 Å². The van der Waals surface area contributed by atoms with Crippen LogP contribution in [0.5, 0.6) is 0 Å². The monoisotopic (exact) mass is 268 g/mol. The Morgan fingerprint density at radius 2 is 2.11 bits per heavy atom. The predicted molar refractivity (Wildman–Crippen MR) is 73.1 cm³/mol. The quantitative estimate of drug-likeness (QED) is 0.661. The minimum atomic E-state index is -0.378. The fraction of sp³-hybridized carbons (Fsp3) is 0.538. The topological polar surface area (TPSA) is 55.2 Å². The van der Waals surface area contributed by atoms with Crippen molar-refractivity contribution >= 4 is 23.0 Å². The first kappa shape index (κ1) is 13.1. The number of hydrogen-bond donors (Lipinski definition) is 1. The van der Waals surface area contributed by atoms with Crippen LogP contribution in [0.4, 0.5) is 11.4 Å². The molecule has 0 amide bonds. The van der Waals surface area contributed by atoms with Gasteiger partial charge < -0.3 is 5.32 Å². The van der Waals surface area contributed by atoms with Crippen LogP contribution in [0.1, 0.15) is 26.7 Å². The van der Waals surface area contributed by atoms with Crippen LogP contribution in [-0.4, -0.2) is 11.0 Å². The smallest absolute Gasteiger partial charge is 0.292 e. The van der Waals surface area contributed by atoms with Gasteiger partial charge in [0.2, 0.25) is 0 Å². The molecule has 1 aromatic rings. The van der Waals surface area contributed by atoms with Gasteiger partial charge in [-0.2, -0.15) is 0 Å². The molecule has 1 aromatic carbocycles. The molecule has 0 atom stereocenters. The van der Waals surface area contributed by atoms with Crippen molar-refractivity contribution < 1.29 is 4.92 Å². The Morgan fingerprint density at radius 1 is 1.44 bits per heavy atom. The summed E-state index contributed by atoms with van der Waals surface area (Å²) in [5, 5.41) is 14.7. The Labute approximate surface area is 111 Å². The highest BCUT2D eigenvalue weighted by atomic mass is 35.5. The molecule has 1 saturated carbocycles. The third-order valence-corrected chi connectivity index (χ3v) is 3.87. The van der Waals surface area contributed by atoms with Crippen molar-refractivity contribution in [3.8, 4) is 0 Å². The number of nitro groups is 1. The second-order valence-corrected chi connectivity index (χ2v) is 5.67. The number of hydrogen-bond acceptors (Lipinski definition) is 3. The zero-order valence-corrected chi connectivity index (χ0v) is 11.3. The van der Waals surface area contributed by atoms with Crippen molar-refractivity contribution in [1.82, 2.24) is 0 Å². The van der Waals surface area contributed by atoms with Gasteiger partial charge in [-0.1, -0.05) is 25.4 Å². The third kappa shape index (κ3) is 2.75. The van der Waals surface area contributed by atoms with Gasteiger partial charge in [-0.15, -0.1) is 0 Å². The van der Waals surface area contributed by atoms with Gasteiger partial charge in [0.15, 0.2) is 0 Å². The molecule has 0 saturated heterocycles. The van der Waals surface area contributed by atoms with Crippen LogP contribution >= 0.6 is 11.6 Å². The van der Waals surface area contributed by atoms with Gasteiger partial charge in [-0.3, -0.25) is 10.1 Å². The number of anilines is 1. The molecule has 0 aliphatic heterocycles. The molecule has 2 rings (SSSR count). The van der Waals surface area contributed by atoms with E-state index in [1.165, 1.54) is 6.07 Å². The fourth-order valence-corrected chi connectivity index (χ4v) is 2.50. The second kappa shape index (κ2) is 5.14. The van der Waals surface area contributed by atoms with Gasteiger partial charge in [0.05, 0.1) is 4.92 Å². The van der Waals surface area contributed by atoms with E-state index in [1.54, 1.807) is 12.1 Å². The van der Waals surface area contributed by atoms with Gasteiger partial charge >= 0.3 is 0 Å². The summed E-state index contributed by atoms with van der Waals surface area (Å²) in [6.45, 7) is 4.42. The second-order valence-electron chi connectivity index (χ2n) is 5.24. The normalized spacial score (nSPS) is 22.7. The van der Waals surface area contributed by atoms with Crippen molar-refractivity contribution in [3.05, 3.63) is 33.3 Å². The van der Waals surface area contributed by atoms with Crippen molar-refractivity contribution in [2.75, 3.05) is 5.32 Å². The summed E-state index contributed by atoms with van der Waals surface area (Å²) >= 11 is 5.88. The van der Waals surface area contributed by atoms with Crippen molar-refractivity contribution in [3.63, 3.8) is 0 Å². The maximum absolute atomic E-state index is 10.9. The number of nitrogens with zero attached hydrogens (tertiary/aromatic N) is 1. The average Bonchev–Trinajstić information content (AvgIpc) is 2.21. The number of rotatable bonds is 4. The lowest BCUT2D eigenvalue weighted by molar-refractivity contribution is -0.384. The van der Waals surface area contributed by atoms with Crippen LogP contribution in [0.25, 0.3) is 0 Å². The molecular weight excluding hydrogens is 252 g/mol. The molecule has 0 bridgehead atoms. The number of halogens is 1. The molecule has 18 heavy (non-hydrogen) atoms. The third-order valence-electron chi connectivity index (χ3n) is 3.63. The molecule has 98 valence electrons. The molecular formula is C13H17ClN2O2. The van der Waals surface area contributed by atoms with E-state index in [-0.39, 0.29) is 10.6 Å². The largest absolute Gasteiger partial charge is 0.377 e. The molecule has 1 N–H and O–H groups in total. The Bertz CT molecular complexity index is 456. The van der Waals surface area contributed by atoms with Crippen LogP contribution in [0.2, 0.25) is 5.02 Å². The first-order valence-electron chi connectivity index (χ1n) is 6.18. The van der Waals surface area contributed by atoms with Crippen LogP contribution in [0, 0.1) is 22.0 Å². The van der Waals surface area contributed by atoms with Crippen LogP contribution < -0.4 is 5.32 Å². The van der Waals surface area contributed by atoms with E-state index in [2.05, 4.69) is 19.2 Å². The summed E-state index contributed by atoms with van der Waals surface area (Å²) in [7, 11) is 0. The molecule has 0 spiro atoms. The Balaban J connectivity index is 2.06. The first-order chi connectivity index (χ1) is 8.47. The molecule has 1 aliphatic rings. The minimum absolute atomic E-state index is 0.0902. The lowest BCUT2D eigenvalue weighted by Gasteiger charge is -2.38. The summed E-state index contributed by atoms with van der Waals surface area (Å²) in [6.07, 6.45) is 2.14. The van der Waals surface area contributed by atoms with E-state index in [9.17, 15) is 10.1 Å². The van der Waals surface area contributed by atoms with Gasteiger partial charge in [-0.05, 0) is 36.8 Å². The zero-order chi connectivity index (χ0) is 13.3. The molecule has 4 nitrogen and oxygen atoms in total. The van der Waals surface area contributed by atoms with Crippen LogP contribution in [-0.2, 0) is 0 Å². The first-order valence-corrected chi connectivity index (χ1v) is 6.55. The molecule has 1 fully saturated rings. The highest BCUT2D eigenvalue weighted by Crippen LogP contribution is 2.37. The van der Waals surface area contributed by atoms with E-state index in [0.29, 0.717) is 22.7 Å². The fourth-order valence-electron chi connectivity index (χ4n) is 2.33. The summed E-state index contributed by atoms with van der Waals surface area (Å²) in [5.41, 5.74) is 0.618. The highest BCUT2D eigenvalue weighted by molar-refractivity contribution is 6.31. The number of nitro benzene ring substituents is 1. The summed E-state index contributed by atoms with van der Waals surface area (Å²) in [4.78, 5) is 10.5.